The average molecular weight is 360 g/mol. The number of hydrogen-bond donors (Lipinski definition) is 1. The van der Waals surface area contributed by atoms with E-state index in [2.05, 4.69) is 13.8 Å². The van der Waals surface area contributed by atoms with Crippen LogP contribution in [-0.4, -0.2) is 38.1 Å². The van der Waals surface area contributed by atoms with Crippen LogP contribution in [0.25, 0.3) is 0 Å². The van der Waals surface area contributed by atoms with E-state index < -0.39 is 11.5 Å². The number of hydrogen-bond acceptors (Lipinski definition) is 4. The Labute approximate surface area is 154 Å². The van der Waals surface area contributed by atoms with Crippen molar-refractivity contribution in [1.82, 2.24) is 0 Å². The lowest BCUT2D eigenvalue weighted by atomic mass is 9.95. The van der Waals surface area contributed by atoms with E-state index >= 15 is 0 Å². The minimum atomic E-state index is -1.01. The van der Waals surface area contributed by atoms with Crippen LogP contribution in [0.5, 0.6) is 0 Å². The lowest BCUT2D eigenvalue weighted by Crippen LogP contribution is -2.96. The number of ether oxygens (including phenoxy) is 2. The van der Waals surface area contributed by atoms with Crippen molar-refractivity contribution in [3.8, 4) is 0 Å². The van der Waals surface area contributed by atoms with Gasteiger partial charge in [-0.3, -0.25) is 0 Å². The molecule has 5 heteroatoms. The first-order chi connectivity index (χ1) is 12.0. The van der Waals surface area contributed by atoms with E-state index in [9.17, 15) is 9.90 Å². The lowest BCUT2D eigenvalue weighted by molar-refractivity contribution is -0.693. The molecule has 0 saturated carbocycles. The van der Waals surface area contributed by atoms with Gasteiger partial charge in [-0.25, -0.2) is 0 Å². The first-order valence-electron chi connectivity index (χ1n) is 10.2. The highest BCUT2D eigenvalue weighted by molar-refractivity contribution is 5.73. The number of carboxylic acids is 1. The molecular weight excluding hydrogens is 318 g/mol. The molecule has 1 atom stereocenters. The van der Waals surface area contributed by atoms with Crippen molar-refractivity contribution in [2.45, 2.75) is 103 Å². The molecule has 0 aliphatic rings. The fraction of sp³-hybridized carbons (Fsp3) is 0.950. The lowest BCUT2D eigenvalue weighted by Gasteiger charge is -2.27. The summed E-state index contributed by atoms with van der Waals surface area (Å²) in [6.07, 6.45) is 11.2. The Kier molecular flexibility index (Phi) is 15.2. The number of unbranched alkanes of at least 4 members (excludes halogenated alkanes) is 6. The predicted octanol–water partition coefficient (Wildman–Crippen LogP) is 2.38. The van der Waals surface area contributed by atoms with E-state index in [-0.39, 0.29) is 6.29 Å². The number of carbonyl (C=O) groups excluding carboxylic acids is 1. The molecule has 0 bridgehead atoms. The normalized spacial score (nSPS) is 14.0. The van der Waals surface area contributed by atoms with Crippen molar-refractivity contribution >= 4 is 5.97 Å². The maximum atomic E-state index is 11.3. The number of aliphatic carboxylic acids is 1. The molecule has 0 aromatic carbocycles. The highest BCUT2D eigenvalue weighted by Gasteiger charge is 2.27. The number of carboxylic acid groups (broad SMARTS) is 1. The van der Waals surface area contributed by atoms with Gasteiger partial charge in [0, 0.05) is 19.6 Å². The van der Waals surface area contributed by atoms with Gasteiger partial charge < -0.3 is 24.7 Å². The molecule has 0 aromatic rings. The SMILES string of the molecule is CCCCCCOC(CCCC(C)([NH2+]C)C(=O)[O-])OCCCCCC. The second-order valence-electron chi connectivity index (χ2n) is 7.18. The molecule has 0 aliphatic carbocycles. The van der Waals surface area contributed by atoms with Gasteiger partial charge in [-0.2, -0.15) is 0 Å². The van der Waals surface area contributed by atoms with Crippen LogP contribution in [0.15, 0.2) is 0 Å². The van der Waals surface area contributed by atoms with Gasteiger partial charge in [0.15, 0.2) is 6.29 Å². The molecule has 0 aromatic heterocycles. The Morgan fingerprint density at radius 1 is 0.960 bits per heavy atom. The van der Waals surface area contributed by atoms with Gasteiger partial charge in [0.2, 0.25) is 0 Å². The monoisotopic (exact) mass is 359 g/mol. The molecular formula is C20H41NO4. The second kappa shape index (κ2) is 15.6. The molecule has 0 spiro atoms. The summed E-state index contributed by atoms with van der Waals surface area (Å²) in [5.74, 6) is -1.01. The highest BCUT2D eigenvalue weighted by Crippen LogP contribution is 2.14. The molecule has 0 amide bonds. The van der Waals surface area contributed by atoms with Gasteiger partial charge in [0.1, 0.15) is 11.5 Å². The van der Waals surface area contributed by atoms with Crippen molar-refractivity contribution in [2.75, 3.05) is 20.3 Å². The van der Waals surface area contributed by atoms with E-state index in [1.807, 2.05) is 0 Å². The fourth-order valence-electron chi connectivity index (χ4n) is 2.70. The Bertz CT molecular complexity index is 311. The molecule has 150 valence electrons. The molecule has 2 N–H and O–H groups in total. The van der Waals surface area contributed by atoms with Crippen molar-refractivity contribution in [3.05, 3.63) is 0 Å². The number of rotatable bonds is 18. The zero-order chi connectivity index (χ0) is 19.0. The minimum absolute atomic E-state index is 0.217. The summed E-state index contributed by atoms with van der Waals surface area (Å²) >= 11 is 0. The van der Waals surface area contributed by atoms with Gasteiger partial charge in [-0.05, 0) is 32.6 Å². The Morgan fingerprint density at radius 3 is 1.88 bits per heavy atom. The first-order valence-corrected chi connectivity index (χ1v) is 10.2. The summed E-state index contributed by atoms with van der Waals surface area (Å²) in [7, 11) is 1.78. The topological polar surface area (TPSA) is 75.2 Å². The minimum Gasteiger partial charge on any atom is -0.544 e. The summed E-state index contributed by atoms with van der Waals surface area (Å²) < 4.78 is 11.8. The van der Waals surface area contributed by atoms with Crippen LogP contribution in [-0.2, 0) is 14.3 Å². The van der Waals surface area contributed by atoms with Crippen LogP contribution in [0, 0.1) is 0 Å². The van der Waals surface area contributed by atoms with E-state index in [1.54, 1.807) is 19.3 Å². The summed E-state index contributed by atoms with van der Waals surface area (Å²) in [4.78, 5) is 11.3. The predicted molar refractivity (Wildman–Crippen MR) is 99.1 cm³/mol. The van der Waals surface area contributed by atoms with Gasteiger partial charge in [-0.1, -0.05) is 52.4 Å². The van der Waals surface area contributed by atoms with Crippen LogP contribution in [0.2, 0.25) is 0 Å². The number of nitrogens with two attached hydrogens (primary N) is 1. The summed E-state index contributed by atoms with van der Waals surface area (Å²) in [6.45, 7) is 7.55. The van der Waals surface area contributed by atoms with Crippen molar-refractivity contribution < 1.29 is 24.7 Å². The largest absolute Gasteiger partial charge is 0.544 e. The molecule has 0 rings (SSSR count). The zero-order valence-corrected chi connectivity index (χ0v) is 17.0. The third kappa shape index (κ3) is 12.4. The molecule has 1 unspecified atom stereocenters. The zero-order valence-electron chi connectivity index (χ0n) is 17.0. The van der Waals surface area contributed by atoms with Crippen LogP contribution in [0.3, 0.4) is 0 Å². The highest BCUT2D eigenvalue weighted by atomic mass is 16.7. The third-order valence-corrected chi connectivity index (χ3v) is 4.84. The number of quaternary nitrogens is 1. The van der Waals surface area contributed by atoms with E-state index in [4.69, 9.17) is 9.47 Å². The number of likely N-dealkylation sites (N-methyl/N-ethyl adjacent to an activating group) is 1. The van der Waals surface area contributed by atoms with Gasteiger partial charge in [-0.15, -0.1) is 0 Å². The van der Waals surface area contributed by atoms with E-state index in [0.29, 0.717) is 6.42 Å². The molecule has 0 fully saturated rings. The molecule has 5 nitrogen and oxygen atoms in total. The van der Waals surface area contributed by atoms with Gasteiger partial charge >= 0.3 is 0 Å². The van der Waals surface area contributed by atoms with Crippen LogP contribution in [0.4, 0.5) is 0 Å². The van der Waals surface area contributed by atoms with Gasteiger partial charge in [0.05, 0.1) is 7.05 Å². The van der Waals surface area contributed by atoms with E-state index in [1.165, 1.54) is 38.5 Å². The Morgan fingerprint density at radius 2 is 1.48 bits per heavy atom. The fourth-order valence-corrected chi connectivity index (χ4v) is 2.70. The van der Waals surface area contributed by atoms with Crippen molar-refractivity contribution in [2.24, 2.45) is 0 Å². The quantitative estimate of drug-likeness (QED) is 0.301. The second-order valence-corrected chi connectivity index (χ2v) is 7.18. The van der Waals surface area contributed by atoms with E-state index in [0.717, 1.165) is 38.9 Å². The number of carbonyl (C=O) groups is 1. The molecule has 0 saturated heterocycles. The Balaban J connectivity index is 4.19. The summed E-state index contributed by atoms with van der Waals surface area (Å²) in [5, 5.41) is 13.0. The van der Waals surface area contributed by atoms with Crippen molar-refractivity contribution in [1.29, 1.82) is 0 Å². The summed E-state index contributed by atoms with van der Waals surface area (Å²) in [6, 6.07) is 0. The standard InChI is InChI=1S/C20H41NO4/c1-5-7-9-11-16-24-18(25-17-12-10-8-6-2)14-13-15-20(3,21-4)19(22)23/h18,21H,5-17H2,1-4H3,(H,22,23). The van der Waals surface area contributed by atoms with Crippen LogP contribution >= 0.6 is 0 Å². The molecule has 0 aliphatic heterocycles. The Hall–Kier alpha value is -0.650. The average Bonchev–Trinajstić information content (AvgIpc) is 2.60. The first kappa shape index (κ1) is 24.4. The maximum absolute atomic E-state index is 11.3. The third-order valence-electron chi connectivity index (χ3n) is 4.84. The molecule has 0 radical (unpaired) electrons. The van der Waals surface area contributed by atoms with Gasteiger partial charge in [0.25, 0.3) is 0 Å². The molecule has 25 heavy (non-hydrogen) atoms. The van der Waals surface area contributed by atoms with Crippen molar-refractivity contribution in [3.63, 3.8) is 0 Å². The maximum Gasteiger partial charge on any atom is 0.157 e. The van der Waals surface area contributed by atoms with Crippen LogP contribution < -0.4 is 10.4 Å². The molecule has 0 heterocycles. The van der Waals surface area contributed by atoms with Crippen LogP contribution in [0.1, 0.15) is 91.4 Å². The smallest absolute Gasteiger partial charge is 0.157 e. The summed E-state index contributed by atoms with van der Waals surface area (Å²) in [5.41, 5.74) is -0.868.